The van der Waals surface area contributed by atoms with E-state index < -0.39 is 0 Å². The fraction of sp³-hybridized carbons (Fsp3) is 0.625. The second-order valence-electron chi connectivity index (χ2n) is 6.35. The molecular formula is C16H25NO. The van der Waals surface area contributed by atoms with Crippen LogP contribution < -0.4 is 10.1 Å². The van der Waals surface area contributed by atoms with E-state index in [1.54, 1.807) is 7.11 Å². The first-order valence-corrected chi connectivity index (χ1v) is 6.85. The first-order chi connectivity index (χ1) is 8.48. The summed E-state index contributed by atoms with van der Waals surface area (Å²) in [6.45, 7) is 8.13. The molecule has 1 N–H and O–H groups in total. The van der Waals surface area contributed by atoms with Crippen molar-refractivity contribution < 1.29 is 4.74 Å². The smallest absolute Gasteiger partial charge is 0.122 e. The molecule has 0 spiro atoms. The minimum Gasteiger partial charge on any atom is -0.496 e. The van der Waals surface area contributed by atoms with Crippen molar-refractivity contribution in [1.29, 1.82) is 0 Å². The van der Waals surface area contributed by atoms with Gasteiger partial charge in [0.25, 0.3) is 0 Å². The number of hydrogen-bond donors (Lipinski definition) is 1. The quantitative estimate of drug-likeness (QED) is 0.884. The van der Waals surface area contributed by atoms with E-state index in [1.165, 1.54) is 18.4 Å². The van der Waals surface area contributed by atoms with Crippen LogP contribution in [0.25, 0.3) is 0 Å². The summed E-state index contributed by atoms with van der Waals surface area (Å²) in [5, 5.41) is 3.75. The van der Waals surface area contributed by atoms with Gasteiger partial charge in [-0.05, 0) is 42.9 Å². The molecule has 1 fully saturated rings. The molecule has 1 aliphatic rings. The zero-order valence-corrected chi connectivity index (χ0v) is 12.0. The third kappa shape index (κ3) is 2.39. The van der Waals surface area contributed by atoms with Crippen molar-refractivity contribution in [2.24, 2.45) is 5.41 Å². The molecule has 1 unspecified atom stereocenters. The highest BCUT2D eigenvalue weighted by Crippen LogP contribution is 2.41. The molecule has 1 aromatic carbocycles. The van der Waals surface area contributed by atoms with Crippen molar-refractivity contribution in [3.8, 4) is 5.75 Å². The van der Waals surface area contributed by atoms with Gasteiger partial charge in [0.05, 0.1) is 7.11 Å². The third-order valence-corrected chi connectivity index (χ3v) is 4.36. The van der Waals surface area contributed by atoms with E-state index >= 15 is 0 Å². The van der Waals surface area contributed by atoms with Gasteiger partial charge in [-0.25, -0.2) is 0 Å². The minimum atomic E-state index is 0.196. The lowest BCUT2D eigenvalue weighted by atomic mass is 9.69. The predicted molar refractivity (Wildman–Crippen MR) is 76.1 cm³/mol. The number of rotatable bonds is 3. The van der Waals surface area contributed by atoms with Crippen molar-refractivity contribution in [2.45, 2.75) is 45.6 Å². The Kier molecular flexibility index (Phi) is 3.67. The van der Waals surface area contributed by atoms with Gasteiger partial charge in [-0.2, -0.15) is 0 Å². The van der Waals surface area contributed by atoms with Gasteiger partial charge < -0.3 is 10.1 Å². The normalized spacial score (nSPS) is 24.2. The molecule has 0 aliphatic carbocycles. The van der Waals surface area contributed by atoms with Gasteiger partial charge in [0, 0.05) is 5.54 Å². The average Bonchev–Trinajstić information content (AvgIpc) is 2.79. The molecule has 1 atom stereocenters. The molecular weight excluding hydrogens is 222 g/mol. The second-order valence-corrected chi connectivity index (χ2v) is 6.35. The Morgan fingerprint density at radius 3 is 2.56 bits per heavy atom. The lowest BCUT2D eigenvalue weighted by Gasteiger charge is -2.43. The lowest BCUT2D eigenvalue weighted by Crippen LogP contribution is -2.52. The van der Waals surface area contributed by atoms with Gasteiger partial charge in [0.15, 0.2) is 0 Å². The maximum absolute atomic E-state index is 5.49. The molecule has 0 bridgehead atoms. The highest BCUT2D eigenvalue weighted by atomic mass is 16.5. The number of nitrogens with one attached hydrogen (secondary N) is 1. The van der Waals surface area contributed by atoms with Gasteiger partial charge >= 0.3 is 0 Å². The molecule has 0 saturated carbocycles. The monoisotopic (exact) mass is 247 g/mol. The Bertz CT molecular complexity index is 400. The molecule has 2 nitrogen and oxygen atoms in total. The second kappa shape index (κ2) is 4.93. The summed E-state index contributed by atoms with van der Waals surface area (Å²) in [4.78, 5) is 0. The fourth-order valence-electron chi connectivity index (χ4n) is 3.04. The first kappa shape index (κ1) is 13.4. The number of para-hydroxylation sites is 1. The number of ether oxygens (including phenoxy) is 1. The molecule has 0 aromatic heterocycles. The summed E-state index contributed by atoms with van der Waals surface area (Å²) in [6.07, 6.45) is 3.56. The lowest BCUT2D eigenvalue weighted by molar-refractivity contribution is 0.158. The summed E-state index contributed by atoms with van der Waals surface area (Å²) in [5.41, 5.74) is 1.76. The highest BCUT2D eigenvalue weighted by molar-refractivity contribution is 5.35. The Labute approximate surface area is 111 Å². The minimum absolute atomic E-state index is 0.196. The summed E-state index contributed by atoms with van der Waals surface area (Å²) < 4.78 is 5.49. The van der Waals surface area contributed by atoms with E-state index in [0.29, 0.717) is 0 Å². The first-order valence-electron chi connectivity index (χ1n) is 6.85. The maximum atomic E-state index is 5.49. The van der Waals surface area contributed by atoms with E-state index in [9.17, 15) is 0 Å². The Morgan fingerprint density at radius 2 is 2.00 bits per heavy atom. The Balaban J connectivity index is 2.30. The number of methoxy groups -OCH3 is 1. The van der Waals surface area contributed by atoms with Crippen molar-refractivity contribution in [3.63, 3.8) is 0 Å². The Morgan fingerprint density at radius 1 is 1.28 bits per heavy atom. The third-order valence-electron chi connectivity index (χ3n) is 4.36. The molecule has 0 radical (unpaired) electrons. The van der Waals surface area contributed by atoms with Gasteiger partial charge in [-0.1, -0.05) is 39.0 Å². The number of benzene rings is 1. The molecule has 2 rings (SSSR count). The zero-order valence-electron chi connectivity index (χ0n) is 12.0. The van der Waals surface area contributed by atoms with Crippen molar-refractivity contribution in [2.75, 3.05) is 13.7 Å². The van der Waals surface area contributed by atoms with E-state index in [0.717, 1.165) is 18.7 Å². The summed E-state index contributed by atoms with van der Waals surface area (Å²) in [6, 6.07) is 8.38. The molecule has 1 saturated heterocycles. The summed E-state index contributed by atoms with van der Waals surface area (Å²) in [5.74, 6) is 1.01. The maximum Gasteiger partial charge on any atom is 0.122 e. The summed E-state index contributed by atoms with van der Waals surface area (Å²) in [7, 11) is 1.75. The zero-order chi connectivity index (χ0) is 13.2. The van der Waals surface area contributed by atoms with Gasteiger partial charge in [0.1, 0.15) is 5.75 Å². The standard InChI is InChI=1S/C16H25NO/c1-15(2,3)16(10-7-11-17-16)12-13-8-5-6-9-14(13)18-4/h5-6,8-9,17H,7,10-12H2,1-4H3. The van der Waals surface area contributed by atoms with Crippen LogP contribution in [0.5, 0.6) is 5.75 Å². The molecule has 1 aromatic rings. The molecule has 100 valence electrons. The van der Waals surface area contributed by atoms with Crippen LogP contribution in [0.3, 0.4) is 0 Å². The van der Waals surface area contributed by atoms with E-state index in [-0.39, 0.29) is 11.0 Å². The van der Waals surface area contributed by atoms with Crippen LogP contribution in [-0.4, -0.2) is 19.2 Å². The van der Waals surface area contributed by atoms with Crippen LogP contribution in [0.4, 0.5) is 0 Å². The van der Waals surface area contributed by atoms with E-state index in [1.807, 2.05) is 6.07 Å². The predicted octanol–water partition coefficient (Wildman–Crippen LogP) is 3.41. The van der Waals surface area contributed by atoms with Crippen LogP contribution in [0, 0.1) is 5.41 Å². The Hall–Kier alpha value is -1.02. The van der Waals surface area contributed by atoms with Crippen molar-refractivity contribution >= 4 is 0 Å². The topological polar surface area (TPSA) is 21.3 Å². The van der Waals surface area contributed by atoms with Gasteiger partial charge in [-0.15, -0.1) is 0 Å². The summed E-state index contributed by atoms with van der Waals surface area (Å²) >= 11 is 0. The van der Waals surface area contributed by atoms with Crippen LogP contribution in [0.15, 0.2) is 24.3 Å². The van der Waals surface area contributed by atoms with Gasteiger partial charge in [-0.3, -0.25) is 0 Å². The van der Waals surface area contributed by atoms with Crippen molar-refractivity contribution in [3.05, 3.63) is 29.8 Å². The molecule has 2 heteroatoms. The largest absolute Gasteiger partial charge is 0.496 e. The average molecular weight is 247 g/mol. The van der Waals surface area contributed by atoms with Gasteiger partial charge in [0.2, 0.25) is 0 Å². The van der Waals surface area contributed by atoms with Crippen LogP contribution >= 0.6 is 0 Å². The molecule has 1 aliphatic heterocycles. The number of hydrogen-bond acceptors (Lipinski definition) is 2. The molecule has 0 amide bonds. The SMILES string of the molecule is COc1ccccc1CC1(C(C)(C)C)CCCN1. The van der Waals surface area contributed by atoms with Crippen LogP contribution in [-0.2, 0) is 6.42 Å². The van der Waals surface area contributed by atoms with E-state index in [4.69, 9.17) is 4.74 Å². The highest BCUT2D eigenvalue weighted by Gasteiger charge is 2.44. The van der Waals surface area contributed by atoms with Crippen molar-refractivity contribution in [1.82, 2.24) is 5.32 Å². The fourth-order valence-corrected chi connectivity index (χ4v) is 3.04. The molecule has 18 heavy (non-hydrogen) atoms. The van der Waals surface area contributed by atoms with E-state index in [2.05, 4.69) is 44.3 Å². The molecule has 1 heterocycles. The van der Waals surface area contributed by atoms with Crippen LogP contribution in [0.1, 0.15) is 39.2 Å². The van der Waals surface area contributed by atoms with Crippen LogP contribution in [0.2, 0.25) is 0 Å².